The van der Waals surface area contributed by atoms with Crippen LogP contribution in [0.5, 0.6) is 0 Å². The van der Waals surface area contributed by atoms with Crippen LogP contribution in [-0.2, 0) is 9.16 Å². The SMILES string of the molecule is CC(C)(C)[Si](C)(C)OC1C(O)C(CO)OC1n1cnc2c(N)ncnc21. The van der Waals surface area contributed by atoms with Gasteiger partial charge in [0, 0.05) is 0 Å². The average Bonchev–Trinajstić information content (AvgIpc) is 3.09. The molecular formula is C16H27N5O4Si. The molecule has 0 saturated carbocycles. The molecule has 0 bridgehead atoms. The molecule has 1 fully saturated rings. The molecule has 4 N–H and O–H groups in total. The molecule has 0 spiro atoms. The molecule has 9 nitrogen and oxygen atoms in total. The van der Waals surface area contributed by atoms with Gasteiger partial charge in [0.1, 0.15) is 30.2 Å². The Hall–Kier alpha value is -1.59. The molecule has 10 heteroatoms. The lowest BCUT2D eigenvalue weighted by Crippen LogP contribution is -2.48. The molecule has 3 rings (SSSR count). The van der Waals surface area contributed by atoms with E-state index in [2.05, 4.69) is 48.8 Å². The van der Waals surface area contributed by atoms with Gasteiger partial charge in [-0.2, -0.15) is 0 Å². The zero-order chi connectivity index (χ0) is 19.3. The van der Waals surface area contributed by atoms with Gasteiger partial charge < -0.3 is 25.1 Å². The number of nitrogen functional groups attached to an aromatic ring is 1. The highest BCUT2D eigenvalue weighted by molar-refractivity contribution is 6.74. The molecule has 4 unspecified atom stereocenters. The topological polar surface area (TPSA) is 129 Å². The minimum absolute atomic E-state index is 0.0435. The third-order valence-corrected chi connectivity index (χ3v) is 9.86. The molecule has 0 amide bonds. The average molecular weight is 382 g/mol. The Labute approximate surface area is 153 Å². The highest BCUT2D eigenvalue weighted by Crippen LogP contribution is 2.42. The molecule has 26 heavy (non-hydrogen) atoms. The van der Waals surface area contributed by atoms with Crippen molar-refractivity contribution in [2.75, 3.05) is 12.3 Å². The first-order valence-corrected chi connectivity index (χ1v) is 11.5. The maximum atomic E-state index is 10.7. The number of aliphatic hydroxyl groups excluding tert-OH is 2. The molecule has 0 aliphatic carbocycles. The van der Waals surface area contributed by atoms with Gasteiger partial charge in [-0.1, -0.05) is 20.8 Å². The lowest BCUT2D eigenvalue weighted by molar-refractivity contribution is -0.0497. The lowest BCUT2D eigenvalue weighted by atomic mass is 10.1. The Morgan fingerprint density at radius 2 is 2.00 bits per heavy atom. The van der Waals surface area contributed by atoms with Crippen LogP contribution in [0.2, 0.25) is 18.1 Å². The Bertz CT molecular complexity index is 791. The Morgan fingerprint density at radius 3 is 2.62 bits per heavy atom. The fraction of sp³-hybridized carbons (Fsp3) is 0.688. The van der Waals surface area contributed by atoms with Gasteiger partial charge in [-0.15, -0.1) is 0 Å². The second-order valence-corrected chi connectivity index (χ2v) is 12.9. The third kappa shape index (κ3) is 3.12. The Kier molecular flexibility index (Phi) is 4.82. The molecule has 0 aromatic carbocycles. The molecule has 144 valence electrons. The van der Waals surface area contributed by atoms with Gasteiger partial charge in [-0.05, 0) is 18.1 Å². The summed E-state index contributed by atoms with van der Waals surface area (Å²) < 4.78 is 14.0. The van der Waals surface area contributed by atoms with E-state index in [1.54, 1.807) is 10.9 Å². The molecule has 3 heterocycles. The first-order valence-electron chi connectivity index (χ1n) is 8.62. The van der Waals surface area contributed by atoms with Crippen molar-refractivity contribution < 1.29 is 19.4 Å². The molecule has 1 aliphatic heterocycles. The molecule has 2 aromatic heterocycles. The van der Waals surface area contributed by atoms with Crippen LogP contribution < -0.4 is 5.73 Å². The van der Waals surface area contributed by atoms with Crippen molar-refractivity contribution in [2.45, 2.75) is 63.4 Å². The van der Waals surface area contributed by atoms with Gasteiger partial charge >= 0.3 is 0 Å². The van der Waals surface area contributed by atoms with Gasteiger partial charge in [-0.25, -0.2) is 15.0 Å². The summed E-state index contributed by atoms with van der Waals surface area (Å²) >= 11 is 0. The van der Waals surface area contributed by atoms with Gasteiger partial charge in [0.15, 0.2) is 26.0 Å². The van der Waals surface area contributed by atoms with Gasteiger partial charge in [0.2, 0.25) is 0 Å². The standard InChI is InChI=1S/C16H27N5O4Si/c1-16(2,3)26(4,5)25-12-11(23)9(6-22)24-15(12)21-8-20-10-13(17)18-7-19-14(10)21/h7-9,11-12,15,22-23H,6H2,1-5H3,(H2,17,18,19). The van der Waals surface area contributed by atoms with Gasteiger partial charge in [0.25, 0.3) is 0 Å². The van der Waals surface area contributed by atoms with Crippen LogP contribution in [0.3, 0.4) is 0 Å². The second kappa shape index (κ2) is 6.53. The van der Waals surface area contributed by atoms with E-state index in [1.165, 1.54) is 6.33 Å². The minimum Gasteiger partial charge on any atom is -0.407 e. The number of hydrogen-bond acceptors (Lipinski definition) is 8. The molecule has 4 atom stereocenters. The lowest BCUT2D eigenvalue weighted by Gasteiger charge is -2.40. The van der Waals surface area contributed by atoms with Crippen molar-refractivity contribution in [2.24, 2.45) is 0 Å². The van der Waals surface area contributed by atoms with Crippen molar-refractivity contribution in [3.8, 4) is 0 Å². The van der Waals surface area contributed by atoms with E-state index >= 15 is 0 Å². The first-order chi connectivity index (χ1) is 12.1. The number of anilines is 1. The maximum Gasteiger partial charge on any atom is 0.192 e. The largest absolute Gasteiger partial charge is 0.407 e. The Balaban J connectivity index is 2.01. The van der Waals surface area contributed by atoms with Crippen LogP contribution in [0, 0.1) is 0 Å². The highest BCUT2D eigenvalue weighted by atomic mass is 28.4. The van der Waals surface area contributed by atoms with Crippen LogP contribution in [-0.4, -0.2) is 63.0 Å². The number of ether oxygens (including phenoxy) is 1. The van der Waals surface area contributed by atoms with Crippen LogP contribution in [0.4, 0.5) is 5.82 Å². The van der Waals surface area contributed by atoms with Crippen molar-refractivity contribution in [3.05, 3.63) is 12.7 Å². The quantitative estimate of drug-likeness (QED) is 0.670. The zero-order valence-corrected chi connectivity index (χ0v) is 16.7. The fourth-order valence-electron chi connectivity index (χ4n) is 2.79. The summed E-state index contributed by atoms with van der Waals surface area (Å²) in [5.74, 6) is 0.271. The maximum absolute atomic E-state index is 10.7. The number of imidazole rings is 1. The van der Waals surface area contributed by atoms with Gasteiger partial charge in [0.05, 0.1) is 12.9 Å². The summed E-state index contributed by atoms with van der Waals surface area (Å²) in [5.41, 5.74) is 6.82. The number of aromatic nitrogens is 4. The normalized spacial score (nSPS) is 27.3. The summed E-state index contributed by atoms with van der Waals surface area (Å²) in [6.07, 6.45) is -0.122. The van der Waals surface area contributed by atoms with E-state index in [4.69, 9.17) is 14.9 Å². The van der Waals surface area contributed by atoms with E-state index in [0.29, 0.717) is 11.2 Å². The number of nitrogens with two attached hydrogens (primary N) is 1. The second-order valence-electron chi connectivity index (χ2n) is 8.16. The number of aliphatic hydroxyl groups is 2. The number of hydrogen-bond donors (Lipinski definition) is 3. The summed E-state index contributed by atoms with van der Waals surface area (Å²) in [6, 6.07) is 0. The zero-order valence-electron chi connectivity index (χ0n) is 15.7. The molecule has 2 aromatic rings. The molecule has 1 saturated heterocycles. The summed E-state index contributed by atoms with van der Waals surface area (Å²) in [7, 11) is -2.20. The monoisotopic (exact) mass is 381 g/mol. The number of rotatable bonds is 4. The number of fused-ring (bicyclic) bond motifs is 1. The predicted octanol–water partition coefficient (Wildman–Crippen LogP) is 1.05. The van der Waals surface area contributed by atoms with E-state index in [-0.39, 0.29) is 17.5 Å². The van der Waals surface area contributed by atoms with E-state index < -0.39 is 32.9 Å². The van der Waals surface area contributed by atoms with E-state index in [1.807, 2.05) is 0 Å². The number of nitrogens with zero attached hydrogens (tertiary/aromatic N) is 4. The van der Waals surface area contributed by atoms with Crippen molar-refractivity contribution in [3.63, 3.8) is 0 Å². The molecule has 0 radical (unpaired) electrons. The first kappa shape index (κ1) is 19.2. The highest BCUT2D eigenvalue weighted by Gasteiger charge is 2.50. The predicted molar refractivity (Wildman–Crippen MR) is 98.8 cm³/mol. The molecular weight excluding hydrogens is 354 g/mol. The summed E-state index contributed by atoms with van der Waals surface area (Å²) in [6.45, 7) is 10.3. The van der Waals surface area contributed by atoms with Crippen LogP contribution in [0.1, 0.15) is 27.0 Å². The Morgan fingerprint density at radius 1 is 1.31 bits per heavy atom. The van der Waals surface area contributed by atoms with E-state index in [0.717, 1.165) is 0 Å². The van der Waals surface area contributed by atoms with E-state index in [9.17, 15) is 10.2 Å². The van der Waals surface area contributed by atoms with Gasteiger partial charge in [-0.3, -0.25) is 4.57 Å². The summed E-state index contributed by atoms with van der Waals surface area (Å²) in [4.78, 5) is 12.4. The van der Waals surface area contributed by atoms with Crippen LogP contribution >= 0.6 is 0 Å². The fourth-order valence-corrected chi connectivity index (χ4v) is 4.08. The third-order valence-electron chi connectivity index (χ3n) is 5.39. The van der Waals surface area contributed by atoms with Crippen LogP contribution in [0.25, 0.3) is 11.2 Å². The minimum atomic E-state index is -2.20. The van der Waals surface area contributed by atoms with Crippen molar-refractivity contribution >= 4 is 25.3 Å². The molecule has 1 aliphatic rings. The van der Waals surface area contributed by atoms with Crippen LogP contribution in [0.15, 0.2) is 12.7 Å². The summed E-state index contributed by atoms with van der Waals surface area (Å²) in [5, 5.41) is 20.2. The smallest absolute Gasteiger partial charge is 0.192 e. The van der Waals surface area contributed by atoms with Crippen molar-refractivity contribution in [1.29, 1.82) is 0 Å². The van der Waals surface area contributed by atoms with Crippen molar-refractivity contribution in [1.82, 2.24) is 19.5 Å².